The van der Waals surface area contributed by atoms with Gasteiger partial charge in [0.2, 0.25) is 5.78 Å². The van der Waals surface area contributed by atoms with E-state index in [0.29, 0.717) is 17.1 Å². The van der Waals surface area contributed by atoms with Crippen molar-refractivity contribution in [3.05, 3.63) is 72.8 Å². The van der Waals surface area contributed by atoms with E-state index in [9.17, 15) is 14.7 Å². The smallest absolute Gasteiger partial charge is 0.214 e. The van der Waals surface area contributed by atoms with Crippen molar-refractivity contribution < 1.29 is 24.2 Å². The third kappa shape index (κ3) is 3.05. The molecule has 32 heavy (non-hydrogen) atoms. The van der Waals surface area contributed by atoms with Gasteiger partial charge in [-0.25, -0.2) is 0 Å². The van der Waals surface area contributed by atoms with Crippen LogP contribution in [0.25, 0.3) is 6.08 Å². The Balaban J connectivity index is 1.79. The van der Waals surface area contributed by atoms with E-state index in [0.717, 1.165) is 20.1 Å². The van der Waals surface area contributed by atoms with E-state index >= 15 is 0 Å². The van der Waals surface area contributed by atoms with Crippen molar-refractivity contribution in [2.24, 2.45) is 0 Å². The van der Waals surface area contributed by atoms with Crippen LogP contribution in [0.1, 0.15) is 30.9 Å². The largest absolute Gasteiger partial charge is 0.478 e. The summed E-state index contributed by atoms with van der Waals surface area (Å²) in [7, 11) is 0. The molecule has 0 saturated heterocycles. The summed E-state index contributed by atoms with van der Waals surface area (Å²) in [5, 5.41) is 11.7. The van der Waals surface area contributed by atoms with E-state index in [-0.39, 0.29) is 29.4 Å². The van der Waals surface area contributed by atoms with Crippen LogP contribution in [0.2, 0.25) is 0 Å². The van der Waals surface area contributed by atoms with E-state index in [2.05, 4.69) is 31.9 Å². The fourth-order valence-corrected chi connectivity index (χ4v) is 5.64. The number of benzene rings is 2. The van der Waals surface area contributed by atoms with Crippen LogP contribution < -0.4 is 9.47 Å². The van der Waals surface area contributed by atoms with Gasteiger partial charge in [0.25, 0.3) is 0 Å². The Bertz CT molecular complexity index is 1270. The zero-order chi connectivity index (χ0) is 22.8. The zero-order valence-electron chi connectivity index (χ0n) is 16.9. The predicted molar refractivity (Wildman–Crippen MR) is 127 cm³/mol. The first-order valence-electron chi connectivity index (χ1n) is 10.0. The molecule has 5 rings (SSSR count). The van der Waals surface area contributed by atoms with Crippen molar-refractivity contribution >= 4 is 61.1 Å². The maximum absolute atomic E-state index is 13.5. The monoisotopic (exact) mass is 578 g/mol. The maximum Gasteiger partial charge on any atom is 0.214 e. The molecule has 2 aliphatic heterocycles. The minimum Gasteiger partial charge on any atom is -0.478 e. The number of carbonyl (C=O) groups excluding carboxylic acids is 2. The molecule has 0 amide bonds. The van der Waals surface area contributed by atoms with Gasteiger partial charge in [-0.2, -0.15) is 0 Å². The highest BCUT2D eigenvalue weighted by molar-refractivity contribution is 9.10. The summed E-state index contributed by atoms with van der Waals surface area (Å²) in [5.74, 6) is 0.157. The minimum atomic E-state index is -2.19. The standard InChI is InChI=1S/C24H17Br2ClO5/c1-2-16(28)11-23(30)22(29)20(27)21-17(9-12-7-14(25)3-5-18(12)31-21)24(23)10-13-8-15(26)4-6-19(13)32-24/h3-9,30H,2,10-11H2,1H3/t23-,24-/m0/s1. The Kier molecular flexibility index (Phi) is 5.17. The number of fused-ring (bicyclic) bond motifs is 4. The number of aliphatic hydroxyl groups is 1. The number of Topliss-reactive ketones (excluding diaryl/α,β-unsaturated/α-hetero) is 2. The van der Waals surface area contributed by atoms with Crippen LogP contribution in [-0.4, -0.2) is 27.9 Å². The number of hydrogen-bond acceptors (Lipinski definition) is 5. The van der Waals surface area contributed by atoms with Crippen molar-refractivity contribution in [3.8, 4) is 11.5 Å². The van der Waals surface area contributed by atoms with Crippen LogP contribution in [0, 0.1) is 0 Å². The molecule has 2 heterocycles. The Hall–Kier alpha value is -1.93. The van der Waals surface area contributed by atoms with Gasteiger partial charge < -0.3 is 14.6 Å². The summed E-state index contributed by atoms with van der Waals surface area (Å²) < 4.78 is 14.1. The fourth-order valence-electron chi connectivity index (χ4n) is 4.56. The molecule has 1 spiro atoms. The lowest BCUT2D eigenvalue weighted by Gasteiger charge is -2.48. The number of hydrogen-bond donors (Lipinski definition) is 1. The van der Waals surface area contributed by atoms with E-state index in [4.69, 9.17) is 21.1 Å². The van der Waals surface area contributed by atoms with Crippen LogP contribution in [0.5, 0.6) is 11.5 Å². The summed E-state index contributed by atoms with van der Waals surface area (Å²) in [6.45, 7) is 1.69. The van der Waals surface area contributed by atoms with Crippen LogP contribution in [0.15, 0.2) is 61.7 Å². The normalized spacial score (nSPS) is 25.5. The van der Waals surface area contributed by atoms with Gasteiger partial charge in [-0.3, -0.25) is 9.59 Å². The molecule has 2 atom stereocenters. The molecule has 164 valence electrons. The maximum atomic E-state index is 13.5. The first-order valence-corrected chi connectivity index (χ1v) is 12.0. The van der Waals surface area contributed by atoms with Crippen molar-refractivity contribution in [3.63, 3.8) is 0 Å². The van der Waals surface area contributed by atoms with Crippen molar-refractivity contribution in [1.29, 1.82) is 0 Å². The molecule has 8 heteroatoms. The molecule has 0 saturated carbocycles. The van der Waals surface area contributed by atoms with Crippen molar-refractivity contribution in [2.75, 3.05) is 0 Å². The summed E-state index contributed by atoms with van der Waals surface area (Å²) in [6, 6.07) is 10.9. The summed E-state index contributed by atoms with van der Waals surface area (Å²) in [5.41, 5.74) is -1.78. The molecule has 0 aromatic heterocycles. The lowest BCUT2D eigenvalue weighted by atomic mass is 9.65. The Morgan fingerprint density at radius 1 is 1.16 bits per heavy atom. The van der Waals surface area contributed by atoms with Gasteiger partial charge in [0.1, 0.15) is 22.3 Å². The Labute approximate surface area is 206 Å². The van der Waals surface area contributed by atoms with Crippen LogP contribution >= 0.6 is 43.5 Å². The average molecular weight is 581 g/mol. The number of halogens is 3. The predicted octanol–water partition coefficient (Wildman–Crippen LogP) is 5.49. The van der Waals surface area contributed by atoms with E-state index in [1.807, 2.05) is 30.3 Å². The minimum absolute atomic E-state index is 0.145. The highest BCUT2D eigenvalue weighted by Crippen LogP contribution is 2.56. The van der Waals surface area contributed by atoms with Gasteiger partial charge in [-0.1, -0.05) is 50.4 Å². The average Bonchev–Trinajstić information content (AvgIpc) is 3.16. The summed E-state index contributed by atoms with van der Waals surface area (Å²) in [4.78, 5) is 26.0. The molecule has 0 fully saturated rings. The second-order valence-corrected chi connectivity index (χ2v) is 10.3. The van der Waals surface area contributed by atoms with Gasteiger partial charge >= 0.3 is 0 Å². The third-order valence-corrected chi connectivity index (χ3v) is 7.53. The summed E-state index contributed by atoms with van der Waals surface area (Å²) in [6.07, 6.45) is 1.75. The van der Waals surface area contributed by atoms with Crippen molar-refractivity contribution in [2.45, 2.75) is 37.4 Å². The van der Waals surface area contributed by atoms with Gasteiger partial charge in [0, 0.05) is 39.3 Å². The lowest BCUT2D eigenvalue weighted by Crippen LogP contribution is -2.66. The van der Waals surface area contributed by atoms with Gasteiger partial charge in [-0.05, 0) is 48.0 Å². The lowest BCUT2D eigenvalue weighted by molar-refractivity contribution is -0.161. The molecule has 1 N–H and O–H groups in total. The first-order chi connectivity index (χ1) is 15.2. The number of ether oxygens (including phenoxy) is 2. The number of carbonyl (C=O) groups is 2. The van der Waals surface area contributed by atoms with Crippen LogP contribution in [-0.2, 0) is 16.0 Å². The molecule has 1 aliphatic carbocycles. The fraction of sp³-hybridized carbons (Fsp3) is 0.250. The quantitative estimate of drug-likeness (QED) is 0.520. The molecular formula is C24H17Br2ClO5. The third-order valence-electron chi connectivity index (χ3n) is 6.20. The molecule has 0 radical (unpaired) electrons. The van der Waals surface area contributed by atoms with E-state index in [1.165, 1.54) is 0 Å². The molecule has 3 aliphatic rings. The van der Waals surface area contributed by atoms with Crippen LogP contribution in [0.4, 0.5) is 0 Å². The molecule has 2 aromatic carbocycles. The van der Waals surface area contributed by atoms with E-state index in [1.54, 1.807) is 19.1 Å². The highest BCUT2D eigenvalue weighted by Gasteiger charge is 2.67. The number of ketones is 2. The molecule has 0 bridgehead atoms. The zero-order valence-corrected chi connectivity index (χ0v) is 20.8. The first kappa shape index (κ1) is 21.9. The molecule has 5 nitrogen and oxygen atoms in total. The highest BCUT2D eigenvalue weighted by atomic mass is 79.9. The Morgan fingerprint density at radius 2 is 1.84 bits per heavy atom. The molecule has 0 unspecified atom stereocenters. The second-order valence-electron chi connectivity index (χ2n) is 8.10. The Morgan fingerprint density at radius 3 is 2.56 bits per heavy atom. The second kappa shape index (κ2) is 7.55. The molecule has 2 aromatic rings. The summed E-state index contributed by atoms with van der Waals surface area (Å²) >= 11 is 13.4. The number of rotatable bonds is 3. The van der Waals surface area contributed by atoms with Gasteiger partial charge in [0.05, 0.1) is 0 Å². The van der Waals surface area contributed by atoms with Gasteiger partial charge in [-0.15, -0.1) is 0 Å². The SMILES string of the molecule is CCC(=O)C[C@]1(O)C(=O)C(Cl)=C2Oc3ccc(Br)cc3C=C2[C@@]12Cc1cc(Br)ccc1O2. The van der Waals surface area contributed by atoms with Crippen molar-refractivity contribution in [1.82, 2.24) is 0 Å². The van der Waals surface area contributed by atoms with E-state index < -0.39 is 23.4 Å². The molecular weight excluding hydrogens is 564 g/mol. The van der Waals surface area contributed by atoms with Crippen LogP contribution in [0.3, 0.4) is 0 Å². The van der Waals surface area contributed by atoms with Gasteiger partial charge in [0.15, 0.2) is 17.0 Å². The topological polar surface area (TPSA) is 72.8 Å².